The molecule has 6 heteroatoms. The molecule has 6 nitrogen and oxygen atoms in total. The van der Waals surface area contributed by atoms with Gasteiger partial charge in [-0.2, -0.15) is 0 Å². The number of carbonyl (C=O) groups is 3. The third kappa shape index (κ3) is 3.13. The van der Waals surface area contributed by atoms with Gasteiger partial charge in [-0.1, -0.05) is 0 Å². The third-order valence-corrected chi connectivity index (χ3v) is 3.55. The number of ether oxygens (including phenoxy) is 2. The maximum atomic E-state index is 12.0. The average molecular weight is 301 g/mol. The smallest absolute Gasteiger partial charge is 0.268 e. The van der Waals surface area contributed by atoms with Crippen molar-refractivity contribution in [3.05, 3.63) is 47.5 Å². The predicted octanol–water partition coefficient (Wildman–Crippen LogP) is 0.320. The van der Waals surface area contributed by atoms with Gasteiger partial charge in [-0.3, -0.25) is 19.3 Å². The molecule has 0 aromatic rings. The highest BCUT2D eigenvalue weighted by Crippen LogP contribution is 2.22. The first-order chi connectivity index (χ1) is 10.6. The quantitative estimate of drug-likeness (QED) is 0.540. The molecule has 0 unspecified atom stereocenters. The Labute approximate surface area is 127 Å². The van der Waals surface area contributed by atoms with Crippen LogP contribution in [0.3, 0.4) is 0 Å². The van der Waals surface area contributed by atoms with Gasteiger partial charge < -0.3 is 9.47 Å². The Morgan fingerprint density at radius 3 is 2.36 bits per heavy atom. The van der Waals surface area contributed by atoms with Crippen molar-refractivity contribution < 1.29 is 23.9 Å². The fraction of sp³-hybridized carbons (Fsp3) is 0.312. The van der Waals surface area contributed by atoms with Crippen LogP contribution in [0.15, 0.2) is 47.5 Å². The molecule has 114 valence electrons. The molecule has 22 heavy (non-hydrogen) atoms. The Kier molecular flexibility index (Phi) is 4.13. The van der Waals surface area contributed by atoms with Crippen LogP contribution in [-0.4, -0.2) is 55.1 Å². The van der Waals surface area contributed by atoms with Crippen LogP contribution in [0.4, 0.5) is 0 Å². The van der Waals surface area contributed by atoms with E-state index in [4.69, 9.17) is 9.47 Å². The van der Waals surface area contributed by atoms with E-state index < -0.39 is 11.6 Å². The molecule has 0 spiro atoms. The van der Waals surface area contributed by atoms with Gasteiger partial charge in [-0.05, 0) is 24.3 Å². The Morgan fingerprint density at radius 2 is 1.68 bits per heavy atom. The van der Waals surface area contributed by atoms with Gasteiger partial charge in [0.2, 0.25) is 5.78 Å². The zero-order valence-electron chi connectivity index (χ0n) is 11.9. The van der Waals surface area contributed by atoms with Gasteiger partial charge >= 0.3 is 0 Å². The second-order valence-electron chi connectivity index (χ2n) is 5.15. The van der Waals surface area contributed by atoms with E-state index in [-0.39, 0.29) is 11.5 Å². The van der Waals surface area contributed by atoms with E-state index in [1.165, 1.54) is 30.4 Å². The lowest BCUT2D eigenvalue weighted by Gasteiger charge is -2.28. The minimum absolute atomic E-state index is 0.0178. The first-order valence-electron chi connectivity index (χ1n) is 7.05. The Bertz CT molecular complexity index is 629. The molecule has 2 aliphatic heterocycles. The normalized spacial score (nSPS) is 22.9. The number of morpholine rings is 1. The second kappa shape index (κ2) is 6.21. The summed E-state index contributed by atoms with van der Waals surface area (Å²) in [6.07, 6.45) is 6.89. The van der Waals surface area contributed by atoms with Crippen molar-refractivity contribution in [1.82, 2.24) is 4.90 Å². The van der Waals surface area contributed by atoms with Gasteiger partial charge in [0.05, 0.1) is 19.8 Å². The van der Waals surface area contributed by atoms with Crippen LogP contribution >= 0.6 is 0 Å². The van der Waals surface area contributed by atoms with Gasteiger partial charge in [0, 0.05) is 24.7 Å². The van der Waals surface area contributed by atoms with Crippen LogP contribution in [0.1, 0.15) is 0 Å². The first-order valence-corrected chi connectivity index (χ1v) is 7.05. The number of nitrogens with zero attached hydrogens (tertiary/aromatic N) is 1. The number of hydrogen-bond donors (Lipinski definition) is 0. The van der Waals surface area contributed by atoms with Gasteiger partial charge in [-0.15, -0.1) is 0 Å². The highest BCUT2D eigenvalue weighted by Gasteiger charge is 2.29. The van der Waals surface area contributed by atoms with E-state index in [1.54, 1.807) is 0 Å². The van der Waals surface area contributed by atoms with Crippen LogP contribution in [0.2, 0.25) is 0 Å². The van der Waals surface area contributed by atoms with Gasteiger partial charge in [0.1, 0.15) is 5.76 Å². The van der Waals surface area contributed by atoms with Crippen LogP contribution in [-0.2, 0) is 23.9 Å². The van der Waals surface area contributed by atoms with Crippen molar-refractivity contribution in [3.63, 3.8) is 0 Å². The second-order valence-corrected chi connectivity index (χ2v) is 5.15. The van der Waals surface area contributed by atoms with Gasteiger partial charge in [-0.25, -0.2) is 0 Å². The molecule has 3 rings (SSSR count). The molecule has 1 fully saturated rings. The summed E-state index contributed by atoms with van der Waals surface area (Å²) in [5.41, 5.74) is 0.436. The monoisotopic (exact) mass is 301 g/mol. The summed E-state index contributed by atoms with van der Waals surface area (Å²) in [6, 6.07) is 0. The molecule has 0 aromatic heterocycles. The number of allylic oxidation sites excluding steroid dienone is 7. The summed E-state index contributed by atoms with van der Waals surface area (Å²) < 4.78 is 10.9. The van der Waals surface area contributed by atoms with Crippen molar-refractivity contribution in [2.75, 3.05) is 32.8 Å². The zero-order valence-corrected chi connectivity index (χ0v) is 11.9. The molecule has 1 saturated heterocycles. The van der Waals surface area contributed by atoms with E-state index in [1.807, 2.05) is 0 Å². The van der Waals surface area contributed by atoms with Crippen molar-refractivity contribution in [3.8, 4) is 0 Å². The minimum Gasteiger partial charge on any atom is -0.455 e. The molecule has 0 bridgehead atoms. The summed E-state index contributed by atoms with van der Waals surface area (Å²) in [6.45, 7) is 3.24. The van der Waals surface area contributed by atoms with Crippen molar-refractivity contribution in [1.29, 1.82) is 0 Å². The Balaban J connectivity index is 1.81. The Morgan fingerprint density at radius 1 is 1.00 bits per heavy atom. The molecule has 0 aromatic carbocycles. The van der Waals surface area contributed by atoms with Crippen LogP contribution in [0, 0.1) is 0 Å². The molecule has 2 heterocycles. The summed E-state index contributed by atoms with van der Waals surface area (Å²) >= 11 is 0. The fourth-order valence-electron chi connectivity index (χ4n) is 2.38. The lowest BCUT2D eigenvalue weighted by Crippen LogP contribution is -2.38. The Hall–Kier alpha value is -2.31. The summed E-state index contributed by atoms with van der Waals surface area (Å²) in [7, 11) is 0. The van der Waals surface area contributed by atoms with E-state index in [0.29, 0.717) is 31.1 Å². The molecular weight excluding hydrogens is 286 g/mol. The molecule has 0 radical (unpaired) electrons. The van der Waals surface area contributed by atoms with Gasteiger partial charge in [0.25, 0.3) is 5.78 Å². The van der Waals surface area contributed by atoms with Crippen LogP contribution < -0.4 is 0 Å². The number of rotatable bonds is 2. The molecule has 0 atom stereocenters. The van der Waals surface area contributed by atoms with Crippen LogP contribution in [0.25, 0.3) is 0 Å². The minimum atomic E-state index is -0.690. The third-order valence-electron chi connectivity index (χ3n) is 3.55. The van der Waals surface area contributed by atoms with E-state index >= 15 is 0 Å². The molecule has 0 saturated carbocycles. The molecule has 1 aliphatic carbocycles. The standard InChI is InChI=1S/C16H15NO5/c18-12-3-1-11(2-4-12)16-15(20)14(19)9-13(22-16)10-17-5-7-21-8-6-17/h1-4,9H,5-8,10H2. The van der Waals surface area contributed by atoms with Crippen LogP contribution in [0.5, 0.6) is 0 Å². The largest absolute Gasteiger partial charge is 0.455 e. The number of ketones is 3. The molecule has 0 N–H and O–H groups in total. The lowest BCUT2D eigenvalue weighted by atomic mass is 10.0. The van der Waals surface area contributed by atoms with Crippen molar-refractivity contribution in [2.45, 2.75) is 0 Å². The molecule has 0 amide bonds. The summed E-state index contributed by atoms with van der Waals surface area (Å²) in [4.78, 5) is 37.1. The van der Waals surface area contributed by atoms with Crippen molar-refractivity contribution in [2.24, 2.45) is 0 Å². The highest BCUT2D eigenvalue weighted by atomic mass is 16.5. The van der Waals surface area contributed by atoms with E-state index in [0.717, 1.165) is 13.1 Å². The zero-order chi connectivity index (χ0) is 15.5. The van der Waals surface area contributed by atoms with E-state index in [9.17, 15) is 14.4 Å². The summed E-state index contributed by atoms with van der Waals surface area (Å²) in [5, 5.41) is 0. The number of hydrogen-bond acceptors (Lipinski definition) is 6. The number of Topliss-reactive ketones (excluding diaryl/α,β-unsaturated/α-hetero) is 1. The SMILES string of the molecule is O=C1C=CC(=C2OC(CN3CCOCC3)=CC(=O)C2=O)C=C1. The van der Waals surface area contributed by atoms with Crippen molar-refractivity contribution >= 4 is 17.3 Å². The first kappa shape index (κ1) is 14.6. The van der Waals surface area contributed by atoms with Gasteiger partial charge in [0.15, 0.2) is 11.5 Å². The summed E-state index contributed by atoms with van der Waals surface area (Å²) in [5.74, 6) is -1.04. The van der Waals surface area contributed by atoms with E-state index in [2.05, 4.69) is 4.90 Å². The average Bonchev–Trinajstić information content (AvgIpc) is 2.53. The maximum absolute atomic E-state index is 12.0. The molecular formula is C16H15NO5. The maximum Gasteiger partial charge on any atom is 0.268 e. The highest BCUT2D eigenvalue weighted by molar-refractivity contribution is 6.47. The predicted molar refractivity (Wildman–Crippen MR) is 76.8 cm³/mol. The lowest BCUT2D eigenvalue weighted by molar-refractivity contribution is -0.134. The topological polar surface area (TPSA) is 72.9 Å². The fourth-order valence-corrected chi connectivity index (χ4v) is 2.38. The molecule has 3 aliphatic rings. The number of carbonyl (C=O) groups excluding carboxylic acids is 3.